The lowest BCUT2D eigenvalue weighted by atomic mass is 9.76. The summed E-state index contributed by atoms with van der Waals surface area (Å²) in [4.78, 5) is 5.86. The molecular weight excluding hydrogens is 220 g/mol. The molecule has 0 aliphatic heterocycles. The Bertz CT molecular complexity index is 373. The maximum Gasteiger partial charge on any atom is 0.119 e. The molecule has 4 heteroatoms. The van der Waals surface area contributed by atoms with Crippen LogP contribution in [0.3, 0.4) is 0 Å². The molecule has 16 heavy (non-hydrogen) atoms. The summed E-state index contributed by atoms with van der Waals surface area (Å²) >= 11 is 1.66. The Morgan fingerprint density at radius 3 is 2.94 bits per heavy atom. The van der Waals surface area contributed by atoms with E-state index < -0.39 is 0 Å². The van der Waals surface area contributed by atoms with Crippen LogP contribution in [0, 0.1) is 5.41 Å². The number of rotatable bonds is 3. The van der Waals surface area contributed by atoms with Crippen LogP contribution in [0.5, 0.6) is 0 Å². The Hall–Kier alpha value is -0.450. The summed E-state index contributed by atoms with van der Waals surface area (Å²) in [5.74, 6) is 0. The highest BCUT2D eigenvalue weighted by Crippen LogP contribution is 2.42. The van der Waals surface area contributed by atoms with E-state index in [0.717, 1.165) is 24.4 Å². The predicted molar refractivity (Wildman–Crippen MR) is 66.6 cm³/mol. The van der Waals surface area contributed by atoms with Crippen LogP contribution in [-0.4, -0.2) is 16.6 Å². The van der Waals surface area contributed by atoms with Crippen molar-refractivity contribution in [2.24, 2.45) is 5.41 Å². The lowest BCUT2D eigenvalue weighted by Gasteiger charge is -2.34. The Morgan fingerprint density at radius 1 is 1.56 bits per heavy atom. The van der Waals surface area contributed by atoms with Gasteiger partial charge in [0.15, 0.2) is 0 Å². The van der Waals surface area contributed by atoms with Crippen molar-refractivity contribution in [2.45, 2.75) is 46.3 Å². The van der Waals surface area contributed by atoms with Crippen LogP contribution in [-0.2, 0) is 13.0 Å². The van der Waals surface area contributed by atoms with Crippen LogP contribution in [0.2, 0.25) is 0 Å². The lowest BCUT2D eigenvalue weighted by Crippen LogP contribution is -2.32. The van der Waals surface area contributed by atoms with Crippen LogP contribution < -0.4 is 5.32 Å². The zero-order chi connectivity index (χ0) is 11.8. The van der Waals surface area contributed by atoms with Crippen LogP contribution in [0.25, 0.3) is 0 Å². The van der Waals surface area contributed by atoms with Gasteiger partial charge >= 0.3 is 0 Å². The topological polar surface area (TPSA) is 45.2 Å². The van der Waals surface area contributed by atoms with E-state index in [1.54, 1.807) is 11.3 Å². The molecule has 1 aliphatic rings. The van der Waals surface area contributed by atoms with Crippen molar-refractivity contribution in [3.05, 3.63) is 15.6 Å². The van der Waals surface area contributed by atoms with E-state index in [2.05, 4.69) is 31.1 Å². The van der Waals surface area contributed by atoms with Crippen molar-refractivity contribution < 1.29 is 5.11 Å². The number of aliphatic hydroxyl groups excluding tert-OH is 1. The van der Waals surface area contributed by atoms with Crippen molar-refractivity contribution in [1.82, 2.24) is 10.3 Å². The quantitative estimate of drug-likeness (QED) is 0.852. The Balaban J connectivity index is 2.33. The molecule has 3 nitrogen and oxygen atoms in total. The molecular formula is C12H20N2OS. The van der Waals surface area contributed by atoms with Crippen LogP contribution in [0.1, 0.15) is 48.8 Å². The van der Waals surface area contributed by atoms with Gasteiger partial charge in [0.1, 0.15) is 5.01 Å². The van der Waals surface area contributed by atoms with Gasteiger partial charge in [0, 0.05) is 10.9 Å². The molecule has 0 saturated heterocycles. The second-order valence-electron chi connectivity index (χ2n) is 5.23. The first kappa shape index (κ1) is 12.0. The minimum Gasteiger partial charge on any atom is -0.389 e. The van der Waals surface area contributed by atoms with Crippen LogP contribution in [0.4, 0.5) is 0 Å². The molecule has 1 heterocycles. The van der Waals surface area contributed by atoms with E-state index in [9.17, 15) is 0 Å². The van der Waals surface area contributed by atoms with Crippen molar-refractivity contribution in [3.8, 4) is 0 Å². The van der Waals surface area contributed by atoms with Gasteiger partial charge in [0.05, 0.1) is 12.3 Å². The normalized spacial score (nSPS) is 23.1. The van der Waals surface area contributed by atoms with E-state index in [4.69, 9.17) is 5.11 Å². The third-order valence-corrected chi connectivity index (χ3v) is 4.27. The number of hydrogen-bond acceptors (Lipinski definition) is 4. The van der Waals surface area contributed by atoms with Crippen LogP contribution in [0.15, 0.2) is 0 Å². The molecule has 0 amide bonds. The molecule has 0 aromatic carbocycles. The summed E-state index contributed by atoms with van der Waals surface area (Å²) < 4.78 is 0. The van der Waals surface area contributed by atoms with Gasteiger partial charge in [-0.3, -0.25) is 0 Å². The van der Waals surface area contributed by atoms with E-state index in [-0.39, 0.29) is 6.61 Å². The number of aliphatic hydroxyl groups is 1. The summed E-state index contributed by atoms with van der Waals surface area (Å²) in [5, 5.41) is 13.5. The highest BCUT2D eigenvalue weighted by Gasteiger charge is 2.34. The highest BCUT2D eigenvalue weighted by atomic mass is 32.1. The number of nitrogens with one attached hydrogen (secondary N) is 1. The van der Waals surface area contributed by atoms with E-state index in [1.807, 2.05) is 0 Å². The molecule has 0 fully saturated rings. The fourth-order valence-corrected chi connectivity index (χ4v) is 3.48. The fourth-order valence-electron chi connectivity index (χ4n) is 2.46. The number of fused-ring (bicyclic) bond motifs is 1. The molecule has 1 atom stereocenters. The first-order valence-corrected chi connectivity index (χ1v) is 6.70. The largest absolute Gasteiger partial charge is 0.389 e. The van der Waals surface area contributed by atoms with Crippen molar-refractivity contribution in [1.29, 1.82) is 0 Å². The highest BCUT2D eigenvalue weighted by molar-refractivity contribution is 7.11. The molecule has 1 aliphatic carbocycles. The second-order valence-corrected chi connectivity index (χ2v) is 6.35. The van der Waals surface area contributed by atoms with Crippen LogP contribution >= 0.6 is 11.3 Å². The summed E-state index contributed by atoms with van der Waals surface area (Å²) in [5.41, 5.74) is 1.50. The zero-order valence-electron chi connectivity index (χ0n) is 10.2. The van der Waals surface area contributed by atoms with Crippen molar-refractivity contribution >= 4 is 11.3 Å². The first-order valence-electron chi connectivity index (χ1n) is 5.88. The minimum absolute atomic E-state index is 0.0664. The Morgan fingerprint density at radius 2 is 2.31 bits per heavy atom. The average Bonchev–Trinajstić information content (AvgIpc) is 2.59. The van der Waals surface area contributed by atoms with E-state index >= 15 is 0 Å². The smallest absolute Gasteiger partial charge is 0.119 e. The number of aromatic nitrogens is 1. The van der Waals surface area contributed by atoms with Gasteiger partial charge in [-0.05, 0) is 24.8 Å². The molecule has 1 aromatic rings. The minimum atomic E-state index is 0.0664. The molecule has 2 N–H and O–H groups in total. The Kier molecular flexibility index (Phi) is 3.33. The molecule has 2 rings (SSSR count). The molecule has 0 spiro atoms. The van der Waals surface area contributed by atoms with Gasteiger partial charge in [-0.2, -0.15) is 0 Å². The molecule has 1 unspecified atom stereocenters. The van der Waals surface area contributed by atoms with Gasteiger partial charge in [-0.25, -0.2) is 4.98 Å². The molecule has 90 valence electrons. The molecule has 0 radical (unpaired) electrons. The third-order valence-electron chi connectivity index (χ3n) is 3.08. The van der Waals surface area contributed by atoms with Crippen molar-refractivity contribution in [2.75, 3.05) is 6.54 Å². The summed E-state index contributed by atoms with van der Waals surface area (Å²) in [7, 11) is 0. The van der Waals surface area contributed by atoms with Gasteiger partial charge in [-0.1, -0.05) is 20.8 Å². The van der Waals surface area contributed by atoms with Crippen molar-refractivity contribution in [3.63, 3.8) is 0 Å². The number of hydrogen-bond donors (Lipinski definition) is 2. The lowest BCUT2D eigenvalue weighted by molar-refractivity contribution is 0.258. The molecule has 0 saturated carbocycles. The summed E-state index contributed by atoms with van der Waals surface area (Å²) in [6.45, 7) is 7.76. The van der Waals surface area contributed by atoms with E-state index in [1.165, 1.54) is 10.6 Å². The maximum absolute atomic E-state index is 9.16. The Labute approximate surface area is 101 Å². The molecule has 0 bridgehead atoms. The van der Waals surface area contributed by atoms with Gasteiger partial charge < -0.3 is 10.4 Å². The van der Waals surface area contributed by atoms with Gasteiger partial charge in [0.2, 0.25) is 0 Å². The zero-order valence-corrected chi connectivity index (χ0v) is 11.0. The van der Waals surface area contributed by atoms with E-state index in [0.29, 0.717) is 11.5 Å². The summed E-state index contributed by atoms with van der Waals surface area (Å²) in [6, 6.07) is 0.418. The predicted octanol–water partition coefficient (Wildman–Crippen LogP) is 2.26. The SMILES string of the molecule is CCNC1CC(C)(C)Cc2nc(CO)sc21. The average molecular weight is 240 g/mol. The fraction of sp³-hybridized carbons (Fsp3) is 0.750. The van der Waals surface area contributed by atoms with Gasteiger partial charge in [0.25, 0.3) is 0 Å². The summed E-state index contributed by atoms with van der Waals surface area (Å²) in [6.07, 6.45) is 2.18. The van der Waals surface area contributed by atoms with Gasteiger partial charge in [-0.15, -0.1) is 11.3 Å². The maximum atomic E-state index is 9.16. The standard InChI is InChI=1S/C12H20N2OS/c1-4-13-8-5-12(2,3)6-9-11(8)16-10(7-15)14-9/h8,13,15H,4-7H2,1-3H3. The number of thiazole rings is 1. The monoisotopic (exact) mass is 240 g/mol. The number of nitrogens with zero attached hydrogens (tertiary/aromatic N) is 1. The molecule has 1 aromatic heterocycles. The second kappa shape index (κ2) is 4.43. The third kappa shape index (κ3) is 2.29. The first-order chi connectivity index (χ1) is 7.55.